The van der Waals surface area contributed by atoms with E-state index < -0.39 is 0 Å². The summed E-state index contributed by atoms with van der Waals surface area (Å²) >= 11 is 5.78. The molecule has 0 aliphatic heterocycles. The van der Waals surface area contributed by atoms with Crippen LogP contribution < -0.4 is 5.73 Å². The first-order chi connectivity index (χ1) is 8.04. The molecule has 0 aliphatic carbocycles. The molecule has 0 bridgehead atoms. The van der Waals surface area contributed by atoms with Gasteiger partial charge < -0.3 is 5.73 Å². The van der Waals surface area contributed by atoms with Crippen LogP contribution in [-0.2, 0) is 6.42 Å². The first-order valence-electron chi connectivity index (χ1n) is 5.38. The van der Waals surface area contributed by atoms with Crippen LogP contribution in [0.2, 0.25) is 5.28 Å². The van der Waals surface area contributed by atoms with Crippen molar-refractivity contribution in [1.29, 1.82) is 0 Å². The van der Waals surface area contributed by atoms with E-state index in [0.29, 0.717) is 11.5 Å². The topological polar surface area (TPSA) is 69.6 Å². The van der Waals surface area contributed by atoms with E-state index in [2.05, 4.69) is 22.0 Å². The van der Waals surface area contributed by atoms with Gasteiger partial charge in [-0.15, -0.1) is 0 Å². The molecule has 2 N–H and O–H groups in total. The van der Waals surface area contributed by atoms with Crippen molar-refractivity contribution in [2.24, 2.45) is 0 Å². The number of anilines is 1. The molecule has 2 aromatic rings. The highest BCUT2D eigenvalue weighted by Gasteiger charge is 2.14. The van der Waals surface area contributed by atoms with Gasteiger partial charge in [0.15, 0.2) is 5.82 Å². The molecule has 0 saturated carbocycles. The Bertz CT molecular complexity index is 561. The number of aryl methyl sites for hydroxylation is 1. The zero-order chi connectivity index (χ0) is 12.6. The summed E-state index contributed by atoms with van der Waals surface area (Å²) in [6, 6.07) is 0. The lowest BCUT2D eigenvalue weighted by Crippen LogP contribution is -2.07. The number of nitrogen functional groups attached to an aromatic ring is 1. The third-order valence-corrected chi connectivity index (χ3v) is 2.94. The van der Waals surface area contributed by atoms with Crippen molar-refractivity contribution in [2.75, 3.05) is 5.73 Å². The van der Waals surface area contributed by atoms with E-state index in [0.717, 1.165) is 17.8 Å². The predicted molar refractivity (Wildman–Crippen MR) is 67.4 cm³/mol. The Balaban J connectivity index is 2.64. The van der Waals surface area contributed by atoms with Crippen molar-refractivity contribution < 1.29 is 0 Å². The summed E-state index contributed by atoms with van der Waals surface area (Å²) in [5, 5.41) is 4.61. The molecule has 2 rings (SSSR count). The third kappa shape index (κ3) is 1.98. The maximum absolute atomic E-state index is 5.85. The van der Waals surface area contributed by atoms with Gasteiger partial charge in [-0.05, 0) is 37.4 Å². The molecule has 0 unspecified atom stereocenters. The first kappa shape index (κ1) is 11.9. The largest absolute Gasteiger partial charge is 0.394 e. The second kappa shape index (κ2) is 4.33. The highest BCUT2D eigenvalue weighted by molar-refractivity contribution is 6.28. The summed E-state index contributed by atoms with van der Waals surface area (Å²) in [5.74, 6) is 0.533. The number of hydrogen-bond acceptors (Lipinski definition) is 4. The Kier molecular flexibility index (Phi) is 3.02. The molecule has 0 aromatic carbocycles. The summed E-state index contributed by atoms with van der Waals surface area (Å²) in [5.41, 5.74) is 9.53. The van der Waals surface area contributed by atoms with Crippen LogP contribution >= 0.6 is 11.6 Å². The highest BCUT2D eigenvalue weighted by Crippen LogP contribution is 2.21. The van der Waals surface area contributed by atoms with Crippen LogP contribution in [0.5, 0.6) is 0 Å². The minimum Gasteiger partial charge on any atom is -0.394 e. The van der Waals surface area contributed by atoms with Gasteiger partial charge in [0.25, 0.3) is 0 Å². The Morgan fingerprint density at radius 2 is 2.12 bits per heavy atom. The van der Waals surface area contributed by atoms with Gasteiger partial charge in [-0.25, -0.2) is 9.67 Å². The molecule has 17 heavy (non-hydrogen) atoms. The molecular weight excluding hydrogens is 238 g/mol. The van der Waals surface area contributed by atoms with Gasteiger partial charge in [-0.1, -0.05) is 6.92 Å². The summed E-state index contributed by atoms with van der Waals surface area (Å²) < 4.78 is 1.72. The number of aromatic nitrogens is 4. The zero-order valence-corrected chi connectivity index (χ0v) is 10.8. The van der Waals surface area contributed by atoms with Gasteiger partial charge in [0.1, 0.15) is 0 Å². The molecule has 0 amide bonds. The number of nitrogens with two attached hydrogens (primary N) is 1. The van der Waals surface area contributed by atoms with Crippen LogP contribution in [0.25, 0.3) is 5.82 Å². The smallest absolute Gasteiger partial charge is 0.224 e. The van der Waals surface area contributed by atoms with E-state index in [1.807, 2.05) is 13.8 Å². The van der Waals surface area contributed by atoms with E-state index >= 15 is 0 Å². The molecule has 2 aromatic heterocycles. The standard InChI is InChI=1S/C11H14ClN5/c1-4-8-6(2)16-17(7(8)3)10-9(13)5-14-11(12)15-10/h5H,4,13H2,1-3H3. The molecule has 0 atom stereocenters. The summed E-state index contributed by atoms with van der Waals surface area (Å²) in [7, 11) is 0. The summed E-state index contributed by atoms with van der Waals surface area (Å²) in [6.45, 7) is 6.06. The lowest BCUT2D eigenvalue weighted by Gasteiger charge is -2.06. The predicted octanol–water partition coefficient (Wildman–Crippen LogP) is 2.08. The maximum atomic E-state index is 5.85. The number of hydrogen-bond donors (Lipinski definition) is 1. The third-order valence-electron chi connectivity index (χ3n) is 2.76. The van der Waals surface area contributed by atoms with Crippen LogP contribution in [-0.4, -0.2) is 19.7 Å². The van der Waals surface area contributed by atoms with E-state index in [-0.39, 0.29) is 5.28 Å². The first-order valence-corrected chi connectivity index (χ1v) is 5.75. The van der Waals surface area contributed by atoms with Gasteiger partial charge in [0, 0.05) is 5.69 Å². The van der Waals surface area contributed by atoms with Crippen LogP contribution in [0.1, 0.15) is 23.9 Å². The molecule has 5 nitrogen and oxygen atoms in total. The van der Waals surface area contributed by atoms with Crippen LogP contribution in [0.3, 0.4) is 0 Å². The van der Waals surface area contributed by atoms with Gasteiger partial charge >= 0.3 is 0 Å². The van der Waals surface area contributed by atoms with Crippen molar-refractivity contribution in [1.82, 2.24) is 19.7 Å². The van der Waals surface area contributed by atoms with E-state index in [4.69, 9.17) is 17.3 Å². The van der Waals surface area contributed by atoms with Crippen molar-refractivity contribution in [3.63, 3.8) is 0 Å². The quantitative estimate of drug-likeness (QED) is 0.830. The van der Waals surface area contributed by atoms with Crippen molar-refractivity contribution in [3.8, 4) is 5.82 Å². The Labute approximate surface area is 105 Å². The molecule has 0 radical (unpaired) electrons. The van der Waals surface area contributed by atoms with Gasteiger partial charge in [0.2, 0.25) is 5.28 Å². The lowest BCUT2D eigenvalue weighted by molar-refractivity contribution is 0.803. The fraction of sp³-hybridized carbons (Fsp3) is 0.364. The van der Waals surface area contributed by atoms with E-state index in [1.165, 1.54) is 11.8 Å². The number of nitrogens with zero attached hydrogens (tertiary/aromatic N) is 4. The second-order valence-electron chi connectivity index (χ2n) is 3.83. The molecule has 90 valence electrons. The van der Waals surface area contributed by atoms with Crippen molar-refractivity contribution >= 4 is 17.3 Å². The highest BCUT2D eigenvalue weighted by atomic mass is 35.5. The SMILES string of the molecule is CCc1c(C)nn(-c2nc(Cl)ncc2N)c1C. The van der Waals surface area contributed by atoms with Gasteiger partial charge in [0.05, 0.1) is 17.6 Å². The normalized spacial score (nSPS) is 10.8. The molecule has 0 fully saturated rings. The molecule has 0 aliphatic rings. The number of halogens is 1. The van der Waals surface area contributed by atoms with Gasteiger partial charge in [-0.2, -0.15) is 10.1 Å². The van der Waals surface area contributed by atoms with Crippen LogP contribution in [0.15, 0.2) is 6.20 Å². The summed E-state index contributed by atoms with van der Waals surface area (Å²) in [6.07, 6.45) is 2.42. The minimum atomic E-state index is 0.166. The van der Waals surface area contributed by atoms with Gasteiger partial charge in [-0.3, -0.25) is 0 Å². The number of rotatable bonds is 2. The molecule has 6 heteroatoms. The Hall–Kier alpha value is -1.62. The molecule has 0 spiro atoms. The lowest BCUT2D eigenvalue weighted by atomic mass is 10.1. The fourth-order valence-electron chi connectivity index (χ4n) is 1.92. The van der Waals surface area contributed by atoms with Crippen LogP contribution in [0.4, 0.5) is 5.69 Å². The molecule has 0 saturated heterocycles. The molecule has 2 heterocycles. The van der Waals surface area contributed by atoms with E-state index in [9.17, 15) is 0 Å². The minimum absolute atomic E-state index is 0.166. The fourth-order valence-corrected chi connectivity index (χ4v) is 2.05. The zero-order valence-electron chi connectivity index (χ0n) is 10.0. The molecular formula is C11H14ClN5. The second-order valence-corrected chi connectivity index (χ2v) is 4.17. The Morgan fingerprint density at radius 3 is 2.71 bits per heavy atom. The maximum Gasteiger partial charge on any atom is 0.224 e. The van der Waals surface area contributed by atoms with Crippen LogP contribution in [0, 0.1) is 13.8 Å². The Morgan fingerprint density at radius 1 is 1.41 bits per heavy atom. The monoisotopic (exact) mass is 251 g/mol. The van der Waals surface area contributed by atoms with E-state index in [1.54, 1.807) is 4.68 Å². The van der Waals surface area contributed by atoms with Crippen molar-refractivity contribution in [3.05, 3.63) is 28.4 Å². The van der Waals surface area contributed by atoms with Crippen molar-refractivity contribution in [2.45, 2.75) is 27.2 Å². The average molecular weight is 252 g/mol. The summed E-state index contributed by atoms with van der Waals surface area (Å²) in [4.78, 5) is 7.95. The average Bonchev–Trinajstić information content (AvgIpc) is 2.57.